The molecule has 1 heterocycles. The van der Waals surface area contributed by atoms with E-state index in [0.717, 1.165) is 0 Å². The fourth-order valence-corrected chi connectivity index (χ4v) is 1.53. The molecule has 0 radical (unpaired) electrons. The van der Waals surface area contributed by atoms with Gasteiger partial charge in [-0.2, -0.15) is 0 Å². The van der Waals surface area contributed by atoms with Crippen LogP contribution in [0.15, 0.2) is 10.5 Å². The average Bonchev–Trinajstić information content (AvgIpc) is 2.57. The van der Waals surface area contributed by atoms with Crippen LogP contribution in [0.2, 0.25) is 0 Å². The first-order valence-corrected chi connectivity index (χ1v) is 5.48. The highest BCUT2D eigenvalue weighted by Gasteiger charge is 2.13. The summed E-state index contributed by atoms with van der Waals surface area (Å²) < 4.78 is 10.1. The minimum atomic E-state index is -0.360. The second-order valence-corrected chi connectivity index (χ2v) is 3.59. The summed E-state index contributed by atoms with van der Waals surface area (Å²) in [7, 11) is 0. The van der Waals surface area contributed by atoms with Crippen LogP contribution in [0.25, 0.3) is 0 Å². The van der Waals surface area contributed by atoms with E-state index in [4.69, 9.17) is 9.15 Å². The van der Waals surface area contributed by atoms with Crippen LogP contribution >= 0.6 is 15.9 Å². The van der Waals surface area contributed by atoms with Gasteiger partial charge in [0.1, 0.15) is 12.4 Å². The van der Waals surface area contributed by atoms with Crippen molar-refractivity contribution in [2.75, 3.05) is 0 Å². The van der Waals surface area contributed by atoms with Gasteiger partial charge in [-0.05, 0) is 6.07 Å². The third kappa shape index (κ3) is 3.20. The predicted molar refractivity (Wildman–Crippen MR) is 56.8 cm³/mol. The molecule has 15 heavy (non-hydrogen) atoms. The van der Waals surface area contributed by atoms with E-state index in [1.165, 1.54) is 13.8 Å². The number of ketones is 1. The van der Waals surface area contributed by atoms with Crippen molar-refractivity contribution in [3.8, 4) is 0 Å². The van der Waals surface area contributed by atoms with Crippen molar-refractivity contribution in [1.82, 2.24) is 0 Å². The Balaban J connectivity index is 2.85. The Bertz CT molecular complexity index is 381. The Morgan fingerprint density at radius 1 is 1.47 bits per heavy atom. The number of carbonyl (C=O) groups is 2. The molecule has 5 heteroatoms. The van der Waals surface area contributed by atoms with Gasteiger partial charge < -0.3 is 9.15 Å². The fourth-order valence-electron chi connectivity index (χ4n) is 1.05. The van der Waals surface area contributed by atoms with Gasteiger partial charge in [0.15, 0.2) is 11.5 Å². The number of ether oxygens (including phenoxy) is 1. The van der Waals surface area contributed by atoms with E-state index in [1.54, 1.807) is 6.07 Å². The minimum absolute atomic E-state index is 0.132. The Labute approximate surface area is 95.7 Å². The molecule has 0 aliphatic carbocycles. The van der Waals surface area contributed by atoms with Crippen molar-refractivity contribution in [2.24, 2.45) is 0 Å². The number of Topliss-reactive ketones (excluding diaryl/α,β-unsaturated/α-hetero) is 1. The third-order valence-corrected chi connectivity index (χ3v) is 2.31. The first kappa shape index (κ1) is 12.0. The molecule has 0 aromatic carbocycles. The van der Waals surface area contributed by atoms with E-state index in [2.05, 4.69) is 15.9 Å². The van der Waals surface area contributed by atoms with Crippen LogP contribution in [0.5, 0.6) is 0 Å². The molecule has 82 valence electrons. The van der Waals surface area contributed by atoms with Crippen LogP contribution in [-0.2, 0) is 21.5 Å². The summed E-state index contributed by atoms with van der Waals surface area (Å²) in [5.41, 5.74) is 0.715. The number of halogens is 1. The molecule has 0 saturated heterocycles. The molecule has 1 aromatic heterocycles. The highest BCUT2D eigenvalue weighted by Crippen LogP contribution is 2.19. The quantitative estimate of drug-likeness (QED) is 0.481. The maximum atomic E-state index is 11.0. The van der Waals surface area contributed by atoms with E-state index in [0.29, 0.717) is 16.7 Å². The minimum Gasteiger partial charge on any atom is -0.461 e. The average molecular weight is 275 g/mol. The normalized spacial score (nSPS) is 10.1. The maximum Gasteiger partial charge on any atom is 0.302 e. The van der Waals surface area contributed by atoms with Gasteiger partial charge in [-0.3, -0.25) is 9.59 Å². The van der Waals surface area contributed by atoms with Crippen molar-refractivity contribution in [1.29, 1.82) is 0 Å². The maximum absolute atomic E-state index is 11.0. The summed E-state index contributed by atoms with van der Waals surface area (Å²) in [6.45, 7) is 2.89. The van der Waals surface area contributed by atoms with Gasteiger partial charge in [0.2, 0.25) is 0 Å². The second kappa shape index (κ2) is 5.11. The topological polar surface area (TPSA) is 56.5 Å². The molecule has 0 N–H and O–H groups in total. The number of alkyl halides is 1. The van der Waals surface area contributed by atoms with E-state index in [1.807, 2.05) is 0 Å². The molecule has 1 rings (SSSR count). The first-order valence-electron chi connectivity index (χ1n) is 4.36. The van der Waals surface area contributed by atoms with Gasteiger partial charge in [-0.1, -0.05) is 15.9 Å². The molecule has 1 aromatic rings. The van der Waals surface area contributed by atoms with Crippen molar-refractivity contribution in [2.45, 2.75) is 25.8 Å². The molecule has 0 spiro atoms. The zero-order valence-electron chi connectivity index (χ0n) is 8.50. The lowest BCUT2D eigenvalue weighted by Gasteiger charge is -1.99. The van der Waals surface area contributed by atoms with Gasteiger partial charge in [-0.15, -0.1) is 0 Å². The molecule has 0 aliphatic rings. The zero-order chi connectivity index (χ0) is 11.4. The highest BCUT2D eigenvalue weighted by molar-refractivity contribution is 9.08. The van der Waals surface area contributed by atoms with E-state index in [9.17, 15) is 9.59 Å². The van der Waals surface area contributed by atoms with Crippen LogP contribution in [0.3, 0.4) is 0 Å². The lowest BCUT2D eigenvalue weighted by atomic mass is 10.2. The summed E-state index contributed by atoms with van der Waals surface area (Å²) in [6.07, 6.45) is 0. The summed E-state index contributed by atoms with van der Waals surface area (Å²) >= 11 is 3.23. The van der Waals surface area contributed by atoms with Gasteiger partial charge >= 0.3 is 5.97 Å². The molecular weight excluding hydrogens is 264 g/mol. The predicted octanol–water partition coefficient (Wildman–Crippen LogP) is 2.44. The van der Waals surface area contributed by atoms with E-state index >= 15 is 0 Å². The fraction of sp³-hybridized carbons (Fsp3) is 0.400. The third-order valence-electron chi connectivity index (χ3n) is 1.80. The van der Waals surface area contributed by atoms with Crippen LogP contribution in [-0.4, -0.2) is 11.8 Å². The van der Waals surface area contributed by atoms with E-state index in [-0.39, 0.29) is 24.1 Å². The molecule has 4 nitrogen and oxygen atoms in total. The van der Waals surface area contributed by atoms with Gasteiger partial charge in [0, 0.05) is 19.4 Å². The number of carbonyl (C=O) groups excluding carboxylic acids is 2. The number of hydrogen-bond donors (Lipinski definition) is 0. The molecule has 0 fully saturated rings. The first-order chi connectivity index (χ1) is 7.04. The van der Waals surface area contributed by atoms with Gasteiger partial charge in [0.05, 0.1) is 5.33 Å². The molecule has 0 bridgehead atoms. The largest absolute Gasteiger partial charge is 0.461 e. The van der Waals surface area contributed by atoms with E-state index < -0.39 is 0 Å². The van der Waals surface area contributed by atoms with Gasteiger partial charge in [-0.25, -0.2) is 0 Å². The lowest BCUT2D eigenvalue weighted by molar-refractivity contribution is -0.142. The number of furan rings is 1. The second-order valence-electron chi connectivity index (χ2n) is 3.03. The summed E-state index contributed by atoms with van der Waals surface area (Å²) in [4.78, 5) is 21.7. The van der Waals surface area contributed by atoms with Crippen molar-refractivity contribution in [3.05, 3.63) is 23.2 Å². The molecular formula is C10H11BrO4. The molecule has 0 atom stereocenters. The van der Waals surface area contributed by atoms with Crippen LogP contribution in [0.1, 0.15) is 35.7 Å². The van der Waals surface area contributed by atoms with Crippen LogP contribution in [0, 0.1) is 0 Å². The highest BCUT2D eigenvalue weighted by atomic mass is 79.9. The Morgan fingerprint density at radius 2 is 2.13 bits per heavy atom. The monoisotopic (exact) mass is 274 g/mol. The van der Waals surface area contributed by atoms with Crippen molar-refractivity contribution in [3.63, 3.8) is 0 Å². The molecule has 0 unspecified atom stereocenters. The smallest absolute Gasteiger partial charge is 0.302 e. The number of esters is 1. The van der Waals surface area contributed by atoms with Crippen LogP contribution in [0.4, 0.5) is 0 Å². The Kier molecular flexibility index (Phi) is 4.08. The summed E-state index contributed by atoms with van der Waals surface area (Å²) in [5, 5.41) is 0.483. The lowest BCUT2D eigenvalue weighted by Crippen LogP contribution is -1.99. The SMILES string of the molecule is CC(=O)OCc1cc(C(C)=O)oc1CBr. The number of rotatable bonds is 4. The summed E-state index contributed by atoms with van der Waals surface area (Å²) in [6, 6.07) is 1.60. The summed E-state index contributed by atoms with van der Waals surface area (Å²) in [5.74, 6) is 0.389. The van der Waals surface area contributed by atoms with Crippen molar-refractivity contribution >= 4 is 27.7 Å². The standard InChI is InChI=1S/C10H11BrO4/c1-6(12)9-3-8(5-14-7(2)13)10(4-11)15-9/h3H,4-5H2,1-2H3. The number of hydrogen-bond acceptors (Lipinski definition) is 4. The molecule has 0 aliphatic heterocycles. The Hall–Kier alpha value is -1.10. The molecule has 0 amide bonds. The molecule has 0 saturated carbocycles. The zero-order valence-corrected chi connectivity index (χ0v) is 10.1. The Morgan fingerprint density at radius 3 is 2.60 bits per heavy atom. The van der Waals surface area contributed by atoms with Crippen molar-refractivity contribution < 1.29 is 18.7 Å². The van der Waals surface area contributed by atoms with Crippen LogP contribution < -0.4 is 0 Å². The van der Waals surface area contributed by atoms with Gasteiger partial charge in [0.25, 0.3) is 0 Å².